The average molecular weight is 359 g/mol. The minimum absolute atomic E-state index is 0.000257. The second-order valence-corrected chi connectivity index (χ2v) is 7.43. The van der Waals surface area contributed by atoms with E-state index in [1.165, 1.54) is 31.0 Å². The maximum atomic E-state index is 13.3. The number of hydrogen-bond donors (Lipinski definition) is 1. The molecule has 0 aromatic heterocycles. The zero-order valence-corrected chi connectivity index (χ0v) is 14.7. The van der Waals surface area contributed by atoms with E-state index in [9.17, 15) is 14.0 Å². The number of ether oxygens (including phenoxy) is 1. The second-order valence-electron chi connectivity index (χ2n) is 6.03. The fraction of sp³-hybridized carbons (Fsp3) is 0.263. The van der Waals surface area contributed by atoms with E-state index >= 15 is 0 Å². The van der Waals surface area contributed by atoms with Crippen molar-refractivity contribution in [2.75, 3.05) is 7.11 Å². The summed E-state index contributed by atoms with van der Waals surface area (Å²) in [7, 11) is 1.31. The summed E-state index contributed by atoms with van der Waals surface area (Å²) in [6.07, 6.45) is 0.000257. The van der Waals surface area contributed by atoms with E-state index in [1.54, 1.807) is 12.1 Å². The van der Waals surface area contributed by atoms with Crippen molar-refractivity contribution in [3.63, 3.8) is 0 Å². The van der Waals surface area contributed by atoms with Gasteiger partial charge in [-0.1, -0.05) is 29.8 Å². The first-order valence-corrected chi connectivity index (χ1v) is 8.65. The predicted molar refractivity (Wildman–Crippen MR) is 93.7 cm³/mol. The van der Waals surface area contributed by atoms with Crippen LogP contribution in [0.15, 0.2) is 53.4 Å². The molecule has 2 atom stereocenters. The molecule has 1 saturated heterocycles. The Kier molecular flexibility index (Phi) is 4.81. The molecular formula is C19H18FNO3S. The van der Waals surface area contributed by atoms with Crippen LogP contribution < -0.4 is 5.32 Å². The van der Waals surface area contributed by atoms with Crippen molar-refractivity contribution in [2.45, 2.75) is 29.0 Å². The number of nitrogens with one attached hydrogen (secondary N) is 1. The highest BCUT2D eigenvalue weighted by molar-refractivity contribution is 8.01. The van der Waals surface area contributed by atoms with Crippen LogP contribution in [0.25, 0.3) is 0 Å². The normalized spacial score (nSPS) is 22.5. The summed E-state index contributed by atoms with van der Waals surface area (Å²) in [6, 6.07) is 12.9. The molecule has 1 fully saturated rings. The molecule has 1 amide bonds. The highest BCUT2D eigenvalue weighted by atomic mass is 32.2. The number of carbonyl (C=O) groups excluding carboxylic acids is 2. The third kappa shape index (κ3) is 3.39. The maximum Gasteiger partial charge on any atom is 0.325 e. The predicted octanol–water partition coefficient (Wildman–Crippen LogP) is 3.40. The summed E-state index contributed by atoms with van der Waals surface area (Å²) in [5.74, 6) is -1.09. The van der Waals surface area contributed by atoms with E-state index in [1.807, 2.05) is 31.2 Å². The van der Waals surface area contributed by atoms with Crippen LogP contribution in [-0.4, -0.2) is 23.7 Å². The second kappa shape index (κ2) is 6.88. The number of rotatable bonds is 4. The van der Waals surface area contributed by atoms with Crippen LogP contribution in [0.3, 0.4) is 0 Å². The molecule has 0 aliphatic carbocycles. The van der Waals surface area contributed by atoms with Crippen molar-refractivity contribution in [2.24, 2.45) is 0 Å². The number of amides is 1. The van der Waals surface area contributed by atoms with Crippen molar-refractivity contribution >= 4 is 23.6 Å². The van der Waals surface area contributed by atoms with Gasteiger partial charge in [0.15, 0.2) is 4.75 Å². The molecule has 25 heavy (non-hydrogen) atoms. The molecule has 130 valence electrons. The van der Waals surface area contributed by atoms with Crippen LogP contribution in [-0.2, 0) is 14.3 Å². The van der Waals surface area contributed by atoms with E-state index in [0.29, 0.717) is 5.56 Å². The molecule has 4 nitrogen and oxygen atoms in total. The molecule has 1 heterocycles. The Morgan fingerprint density at radius 2 is 1.84 bits per heavy atom. The van der Waals surface area contributed by atoms with Crippen LogP contribution in [0.5, 0.6) is 0 Å². The maximum absolute atomic E-state index is 13.3. The number of halogens is 1. The molecule has 0 saturated carbocycles. The van der Waals surface area contributed by atoms with Crippen LogP contribution in [0.4, 0.5) is 4.39 Å². The summed E-state index contributed by atoms with van der Waals surface area (Å²) < 4.78 is 17.2. The van der Waals surface area contributed by atoms with Gasteiger partial charge in [0.05, 0.1) is 19.6 Å². The number of esters is 1. The molecular weight excluding hydrogens is 341 g/mol. The molecule has 2 aromatic carbocycles. The van der Waals surface area contributed by atoms with Crippen LogP contribution in [0, 0.1) is 12.7 Å². The zero-order chi connectivity index (χ0) is 18.0. The largest absolute Gasteiger partial charge is 0.468 e. The van der Waals surface area contributed by atoms with Crippen molar-refractivity contribution < 1.29 is 18.7 Å². The number of methoxy groups -OCH3 is 1. The Labute approximate surface area is 149 Å². The van der Waals surface area contributed by atoms with E-state index < -0.39 is 16.8 Å². The summed E-state index contributed by atoms with van der Waals surface area (Å²) in [4.78, 5) is 25.7. The smallest absolute Gasteiger partial charge is 0.325 e. The van der Waals surface area contributed by atoms with Gasteiger partial charge >= 0.3 is 5.97 Å². The van der Waals surface area contributed by atoms with Gasteiger partial charge in [-0.05, 0) is 36.8 Å². The number of hydrogen-bond acceptors (Lipinski definition) is 4. The van der Waals surface area contributed by atoms with Crippen LogP contribution in [0.2, 0.25) is 0 Å². The Morgan fingerprint density at radius 1 is 1.20 bits per heavy atom. The van der Waals surface area contributed by atoms with Gasteiger partial charge in [-0.2, -0.15) is 0 Å². The molecule has 1 aliphatic rings. The lowest BCUT2D eigenvalue weighted by Crippen LogP contribution is -2.41. The van der Waals surface area contributed by atoms with Crippen molar-refractivity contribution in [3.05, 3.63) is 65.5 Å². The Balaban J connectivity index is 2.04. The molecule has 3 rings (SSSR count). The van der Waals surface area contributed by atoms with Crippen molar-refractivity contribution in [3.8, 4) is 0 Å². The molecule has 1 aliphatic heterocycles. The van der Waals surface area contributed by atoms with Gasteiger partial charge in [-0.15, -0.1) is 11.8 Å². The third-order valence-electron chi connectivity index (χ3n) is 4.25. The first-order chi connectivity index (χ1) is 11.9. The van der Waals surface area contributed by atoms with E-state index in [0.717, 1.165) is 10.5 Å². The van der Waals surface area contributed by atoms with E-state index in [-0.39, 0.29) is 18.1 Å². The highest BCUT2D eigenvalue weighted by Crippen LogP contribution is 2.49. The first-order valence-electron chi connectivity index (χ1n) is 7.83. The monoisotopic (exact) mass is 359 g/mol. The van der Waals surface area contributed by atoms with Gasteiger partial charge < -0.3 is 10.1 Å². The number of carbonyl (C=O) groups is 2. The number of thioether (sulfide) groups is 1. The summed E-state index contributed by atoms with van der Waals surface area (Å²) >= 11 is 1.30. The molecule has 0 radical (unpaired) electrons. The zero-order valence-electron chi connectivity index (χ0n) is 13.9. The highest BCUT2D eigenvalue weighted by Gasteiger charge is 2.55. The van der Waals surface area contributed by atoms with Crippen molar-refractivity contribution in [1.82, 2.24) is 5.32 Å². The Hall–Kier alpha value is -2.34. The standard InChI is InChI=1S/C19H18FNO3S/c1-12-3-9-15(10-4-12)25-19(18(23)24-2)11-16(22)21-17(19)13-5-7-14(20)8-6-13/h3-10,17H,11H2,1-2H3,(H,21,22)/t17?,19-/m1/s1. The molecule has 2 aromatic rings. The molecule has 0 spiro atoms. The van der Waals surface area contributed by atoms with E-state index in [4.69, 9.17) is 4.74 Å². The first kappa shape index (κ1) is 17.5. The molecule has 1 unspecified atom stereocenters. The molecule has 0 bridgehead atoms. The third-order valence-corrected chi connectivity index (χ3v) is 5.67. The minimum Gasteiger partial charge on any atom is -0.468 e. The SMILES string of the molecule is COC(=O)[C@@]1(Sc2ccc(C)cc2)CC(=O)NC1c1ccc(F)cc1. The lowest BCUT2D eigenvalue weighted by atomic mass is 9.93. The molecule has 6 heteroatoms. The van der Waals surface area contributed by atoms with Gasteiger partial charge in [0, 0.05) is 4.90 Å². The topological polar surface area (TPSA) is 55.4 Å². The fourth-order valence-corrected chi connectivity index (χ4v) is 4.37. The Bertz CT molecular complexity index is 791. The van der Waals surface area contributed by atoms with Crippen LogP contribution >= 0.6 is 11.8 Å². The fourth-order valence-electron chi connectivity index (χ4n) is 2.99. The van der Waals surface area contributed by atoms with E-state index in [2.05, 4.69) is 5.32 Å². The average Bonchev–Trinajstić information content (AvgIpc) is 2.94. The number of benzene rings is 2. The van der Waals surface area contributed by atoms with Gasteiger partial charge in [0.25, 0.3) is 0 Å². The number of aryl methyl sites for hydroxylation is 1. The van der Waals surface area contributed by atoms with Gasteiger partial charge in [-0.3, -0.25) is 9.59 Å². The summed E-state index contributed by atoms with van der Waals surface area (Å²) in [5, 5.41) is 2.84. The Morgan fingerprint density at radius 3 is 2.44 bits per heavy atom. The van der Waals surface area contributed by atoms with Gasteiger partial charge in [0.1, 0.15) is 5.82 Å². The van der Waals surface area contributed by atoms with Gasteiger partial charge in [-0.25, -0.2) is 4.39 Å². The lowest BCUT2D eigenvalue weighted by Gasteiger charge is -2.31. The summed E-state index contributed by atoms with van der Waals surface area (Å²) in [6.45, 7) is 1.98. The quantitative estimate of drug-likeness (QED) is 0.850. The molecule has 1 N–H and O–H groups in total. The van der Waals surface area contributed by atoms with Crippen molar-refractivity contribution in [1.29, 1.82) is 0 Å². The van der Waals surface area contributed by atoms with Gasteiger partial charge in [0.2, 0.25) is 5.91 Å². The van der Waals surface area contributed by atoms with Crippen LogP contribution in [0.1, 0.15) is 23.6 Å². The lowest BCUT2D eigenvalue weighted by molar-refractivity contribution is -0.144. The summed E-state index contributed by atoms with van der Waals surface area (Å²) in [5.41, 5.74) is 1.77. The minimum atomic E-state index is -1.14.